The van der Waals surface area contributed by atoms with E-state index >= 15 is 0 Å². The van der Waals surface area contributed by atoms with Gasteiger partial charge in [0, 0.05) is 0 Å². The van der Waals surface area contributed by atoms with Crippen LogP contribution in [0.4, 0.5) is 0 Å². The Labute approximate surface area is 58.0 Å². The molecule has 0 spiro atoms. The van der Waals surface area contributed by atoms with Crippen molar-refractivity contribution < 1.29 is 50.3 Å². The van der Waals surface area contributed by atoms with Crippen LogP contribution in [0.2, 0.25) is 0 Å². The van der Waals surface area contributed by atoms with E-state index in [1.807, 2.05) is 0 Å². The fraction of sp³-hybridized carbons (Fsp3) is 0. The van der Waals surface area contributed by atoms with Gasteiger partial charge >= 0.3 is 36.9 Å². The SMILES string of the molecule is OB(O)O.[H-].[H-].[H-].[H-].[Na+]. The zero-order valence-electron chi connectivity index (χ0n) is 6.92. The van der Waals surface area contributed by atoms with Crippen molar-refractivity contribution >= 4 is 7.32 Å². The molecule has 0 aliphatic heterocycles. The Morgan fingerprint density at radius 1 is 1.20 bits per heavy atom. The van der Waals surface area contributed by atoms with Crippen LogP contribution < -0.4 is 29.6 Å². The van der Waals surface area contributed by atoms with Gasteiger partial charge in [-0.3, -0.25) is 0 Å². The molecule has 5 heteroatoms. The van der Waals surface area contributed by atoms with E-state index in [-0.39, 0.29) is 35.3 Å². The summed E-state index contributed by atoms with van der Waals surface area (Å²) in [6.07, 6.45) is 0. The molecule has 32 valence electrons. The van der Waals surface area contributed by atoms with Crippen LogP contribution in [-0.4, -0.2) is 22.4 Å². The average molecular weight is 88.9 g/mol. The van der Waals surface area contributed by atoms with Crippen molar-refractivity contribution in [3.8, 4) is 0 Å². The summed E-state index contributed by atoms with van der Waals surface area (Å²) in [6, 6.07) is 0. The van der Waals surface area contributed by atoms with E-state index in [0.717, 1.165) is 0 Å². The van der Waals surface area contributed by atoms with Gasteiger partial charge in [0.25, 0.3) is 0 Å². The minimum atomic E-state index is -2.17. The Kier molecular flexibility index (Phi) is 9.24. The van der Waals surface area contributed by atoms with E-state index in [1.165, 1.54) is 0 Å². The summed E-state index contributed by atoms with van der Waals surface area (Å²) in [7, 11) is -2.17. The Balaban J connectivity index is -0.00000000450. The third-order valence-corrected chi connectivity index (χ3v) is 0. The van der Waals surface area contributed by atoms with E-state index in [4.69, 9.17) is 15.1 Å². The van der Waals surface area contributed by atoms with Crippen molar-refractivity contribution in [1.82, 2.24) is 0 Å². The summed E-state index contributed by atoms with van der Waals surface area (Å²) in [5.74, 6) is 0. The van der Waals surface area contributed by atoms with Crippen LogP contribution in [0.15, 0.2) is 0 Å². The maximum atomic E-state index is 7.17. The molecule has 0 aliphatic rings. The number of rotatable bonds is 0. The van der Waals surface area contributed by atoms with E-state index in [1.54, 1.807) is 0 Å². The molecule has 0 bridgehead atoms. The Morgan fingerprint density at radius 2 is 1.20 bits per heavy atom. The fourth-order valence-corrected chi connectivity index (χ4v) is 0. The standard InChI is InChI=1S/BH3O3.Na.4H/c2-1(3)4;;;;;/h2-4H;;;;;/q;+1;4*-1. The monoisotopic (exact) mass is 89.0 g/mol. The van der Waals surface area contributed by atoms with Gasteiger partial charge in [0.1, 0.15) is 0 Å². The molecule has 0 atom stereocenters. The van der Waals surface area contributed by atoms with Crippen molar-refractivity contribution in [3.05, 3.63) is 0 Å². The second kappa shape index (κ2) is 4.94. The fourth-order valence-electron chi connectivity index (χ4n) is 0. The van der Waals surface area contributed by atoms with Gasteiger partial charge in [0.2, 0.25) is 0 Å². The Bertz CT molecular complexity index is 20.5. The van der Waals surface area contributed by atoms with Crippen LogP contribution >= 0.6 is 0 Å². The first-order chi connectivity index (χ1) is 1.73. The van der Waals surface area contributed by atoms with Gasteiger partial charge in [-0.05, 0) is 0 Å². The van der Waals surface area contributed by atoms with E-state index in [0.29, 0.717) is 0 Å². The smallest absolute Gasteiger partial charge is 1.00 e. The first kappa shape index (κ1) is 9.34. The maximum Gasteiger partial charge on any atom is 1.00 e. The topological polar surface area (TPSA) is 60.7 Å². The van der Waals surface area contributed by atoms with Crippen molar-refractivity contribution in [3.63, 3.8) is 0 Å². The molecule has 0 unspecified atom stereocenters. The minimum absolute atomic E-state index is 0. The normalized spacial score (nSPS) is 5.40. The molecule has 0 aliphatic carbocycles. The Hall–Kier alpha value is 0.945. The second-order valence-electron chi connectivity index (χ2n) is 0.346. The predicted molar refractivity (Wildman–Crippen MR) is 16.9 cm³/mol. The van der Waals surface area contributed by atoms with Crippen molar-refractivity contribution in [1.29, 1.82) is 0 Å². The molecule has 0 fully saturated rings. The summed E-state index contributed by atoms with van der Waals surface area (Å²) in [5, 5.41) is 21.5. The van der Waals surface area contributed by atoms with Gasteiger partial charge in [-0.25, -0.2) is 0 Å². The molecular formula is H7BNaO3-3. The average Bonchev–Trinajstić information content (AvgIpc) is 0.811. The third-order valence-electron chi connectivity index (χ3n) is 0. The van der Waals surface area contributed by atoms with Crippen molar-refractivity contribution in [2.75, 3.05) is 0 Å². The summed E-state index contributed by atoms with van der Waals surface area (Å²) in [6.45, 7) is 0. The van der Waals surface area contributed by atoms with Gasteiger partial charge < -0.3 is 20.8 Å². The van der Waals surface area contributed by atoms with Gasteiger partial charge in [0.05, 0.1) is 0 Å². The summed E-state index contributed by atoms with van der Waals surface area (Å²) in [4.78, 5) is 0. The van der Waals surface area contributed by atoms with E-state index < -0.39 is 7.32 Å². The molecule has 0 rings (SSSR count). The molecule has 0 aromatic carbocycles. The maximum absolute atomic E-state index is 7.17. The van der Waals surface area contributed by atoms with Crippen LogP contribution in [0, 0.1) is 0 Å². The number of hydrogen-bond acceptors (Lipinski definition) is 3. The zero-order valence-corrected chi connectivity index (χ0v) is 4.92. The van der Waals surface area contributed by atoms with Crippen LogP contribution in [0.1, 0.15) is 5.71 Å². The van der Waals surface area contributed by atoms with Crippen molar-refractivity contribution in [2.45, 2.75) is 0 Å². The molecule has 0 saturated carbocycles. The molecule has 5 heavy (non-hydrogen) atoms. The second-order valence-corrected chi connectivity index (χ2v) is 0.346. The molecule has 0 aromatic heterocycles. The van der Waals surface area contributed by atoms with Gasteiger partial charge in [-0.1, -0.05) is 0 Å². The van der Waals surface area contributed by atoms with Crippen LogP contribution in [-0.2, 0) is 0 Å². The summed E-state index contributed by atoms with van der Waals surface area (Å²) in [5.41, 5.74) is 0. The van der Waals surface area contributed by atoms with Crippen LogP contribution in [0.3, 0.4) is 0 Å². The van der Waals surface area contributed by atoms with Crippen LogP contribution in [0.5, 0.6) is 0 Å². The molecular weight excluding hydrogens is 81.8 g/mol. The molecule has 0 radical (unpaired) electrons. The molecule has 0 saturated heterocycles. The minimum Gasteiger partial charge on any atom is -1.00 e. The summed E-state index contributed by atoms with van der Waals surface area (Å²) < 4.78 is 0. The molecule has 3 N–H and O–H groups in total. The van der Waals surface area contributed by atoms with Crippen molar-refractivity contribution in [2.24, 2.45) is 0 Å². The molecule has 0 heterocycles. The first-order valence-corrected chi connectivity index (χ1v) is 0.775. The third kappa shape index (κ3) is 48.0. The van der Waals surface area contributed by atoms with E-state index in [2.05, 4.69) is 0 Å². The van der Waals surface area contributed by atoms with Gasteiger partial charge in [-0.2, -0.15) is 0 Å². The molecule has 0 aromatic rings. The number of hydrogen-bond donors (Lipinski definition) is 3. The Morgan fingerprint density at radius 3 is 1.20 bits per heavy atom. The van der Waals surface area contributed by atoms with Gasteiger partial charge in [-0.15, -0.1) is 0 Å². The predicted octanol–water partition coefficient (Wildman–Crippen LogP) is -4.60. The van der Waals surface area contributed by atoms with E-state index in [9.17, 15) is 0 Å². The zero-order chi connectivity index (χ0) is 3.58. The summed E-state index contributed by atoms with van der Waals surface area (Å²) >= 11 is 0. The van der Waals surface area contributed by atoms with Crippen LogP contribution in [0.25, 0.3) is 0 Å². The largest absolute Gasteiger partial charge is 1.00 e. The molecule has 0 amide bonds. The quantitative estimate of drug-likeness (QED) is 0.262. The first-order valence-electron chi connectivity index (χ1n) is 0.775. The molecule has 3 nitrogen and oxygen atoms in total. The van der Waals surface area contributed by atoms with Gasteiger partial charge in [0.15, 0.2) is 0 Å².